The van der Waals surface area contributed by atoms with Crippen LogP contribution >= 0.6 is 0 Å². The molecule has 2 amide bonds. The predicted molar refractivity (Wildman–Crippen MR) is 109 cm³/mol. The lowest BCUT2D eigenvalue weighted by molar-refractivity contribution is -0.145. The predicted octanol–water partition coefficient (Wildman–Crippen LogP) is 3.18. The van der Waals surface area contributed by atoms with E-state index in [1.165, 1.54) is 0 Å². The lowest BCUT2D eigenvalue weighted by Gasteiger charge is -2.28. The van der Waals surface area contributed by atoms with E-state index in [9.17, 15) is 14.4 Å². The van der Waals surface area contributed by atoms with Crippen molar-refractivity contribution in [1.82, 2.24) is 10.6 Å². The largest absolute Gasteiger partial charge is 0.460 e. The minimum absolute atomic E-state index is 0.102. The molecule has 0 saturated heterocycles. The van der Waals surface area contributed by atoms with Crippen LogP contribution in [-0.2, 0) is 25.7 Å². The molecule has 2 rings (SSSR count). The van der Waals surface area contributed by atoms with Gasteiger partial charge in [-0.2, -0.15) is 0 Å². The van der Waals surface area contributed by atoms with Gasteiger partial charge >= 0.3 is 12.1 Å². The Labute approximate surface area is 172 Å². The van der Waals surface area contributed by atoms with Crippen LogP contribution in [0.1, 0.15) is 52.0 Å². The molecule has 1 aromatic rings. The van der Waals surface area contributed by atoms with Crippen LogP contribution in [0.5, 0.6) is 0 Å². The Bertz CT molecular complexity index is 676. The van der Waals surface area contributed by atoms with Gasteiger partial charge in [-0.1, -0.05) is 30.3 Å². The summed E-state index contributed by atoms with van der Waals surface area (Å²) in [4.78, 5) is 35.8. The molecule has 1 saturated carbocycles. The third kappa shape index (κ3) is 8.98. The van der Waals surface area contributed by atoms with Gasteiger partial charge in [-0.25, -0.2) is 4.79 Å². The van der Waals surface area contributed by atoms with Gasteiger partial charge in [0.25, 0.3) is 0 Å². The van der Waals surface area contributed by atoms with Crippen molar-refractivity contribution in [3.8, 4) is 0 Å². The number of carbonyl (C=O) groups is 3. The Hall–Kier alpha value is -2.57. The van der Waals surface area contributed by atoms with E-state index in [0.717, 1.165) is 31.2 Å². The van der Waals surface area contributed by atoms with Gasteiger partial charge in [0.05, 0.1) is 0 Å². The monoisotopic (exact) mass is 404 g/mol. The molecule has 0 aromatic heterocycles. The standard InChI is InChI=1S/C22H32N2O5/c1-22(2,3)29-21(27)24-13-16-9-11-18(12-10-16)20(26)23-14-19(25)28-15-17-7-5-4-6-8-17/h4-8,16,18H,9-15H2,1-3H3,(H,23,26)(H,24,27). The molecule has 1 aliphatic carbocycles. The molecule has 1 fully saturated rings. The molecule has 7 heteroatoms. The second-order valence-corrected chi connectivity index (χ2v) is 8.46. The van der Waals surface area contributed by atoms with Gasteiger partial charge < -0.3 is 20.1 Å². The number of hydrogen-bond donors (Lipinski definition) is 2. The van der Waals surface area contributed by atoms with Gasteiger partial charge in [0.2, 0.25) is 5.91 Å². The summed E-state index contributed by atoms with van der Waals surface area (Å²) >= 11 is 0. The van der Waals surface area contributed by atoms with Crippen molar-refractivity contribution in [2.75, 3.05) is 13.1 Å². The molecule has 0 unspecified atom stereocenters. The molecule has 0 atom stereocenters. The van der Waals surface area contributed by atoms with Gasteiger partial charge in [0.15, 0.2) is 0 Å². The maximum atomic E-state index is 12.3. The van der Waals surface area contributed by atoms with E-state index >= 15 is 0 Å². The summed E-state index contributed by atoms with van der Waals surface area (Å²) in [5, 5.41) is 5.47. The van der Waals surface area contributed by atoms with Crippen molar-refractivity contribution in [2.24, 2.45) is 11.8 Å². The first-order valence-corrected chi connectivity index (χ1v) is 10.2. The second-order valence-electron chi connectivity index (χ2n) is 8.46. The van der Waals surface area contributed by atoms with Crippen LogP contribution in [-0.4, -0.2) is 36.7 Å². The van der Waals surface area contributed by atoms with Crippen LogP contribution < -0.4 is 10.6 Å². The van der Waals surface area contributed by atoms with Crippen molar-refractivity contribution < 1.29 is 23.9 Å². The van der Waals surface area contributed by atoms with E-state index in [2.05, 4.69) is 10.6 Å². The number of esters is 1. The highest BCUT2D eigenvalue weighted by Gasteiger charge is 2.27. The summed E-state index contributed by atoms with van der Waals surface area (Å²) in [6, 6.07) is 9.41. The minimum atomic E-state index is -0.512. The molecule has 0 heterocycles. The van der Waals surface area contributed by atoms with Gasteiger partial charge in [-0.15, -0.1) is 0 Å². The van der Waals surface area contributed by atoms with E-state index < -0.39 is 17.7 Å². The molecule has 0 radical (unpaired) electrons. The smallest absolute Gasteiger partial charge is 0.407 e. The van der Waals surface area contributed by atoms with Gasteiger partial charge in [0, 0.05) is 12.5 Å². The number of carbonyl (C=O) groups excluding carboxylic acids is 3. The van der Waals surface area contributed by atoms with Crippen LogP contribution in [0.3, 0.4) is 0 Å². The molecule has 1 aliphatic rings. The third-order valence-electron chi connectivity index (χ3n) is 4.80. The highest BCUT2D eigenvalue weighted by molar-refractivity contribution is 5.83. The lowest BCUT2D eigenvalue weighted by atomic mass is 9.81. The van der Waals surface area contributed by atoms with E-state index in [-0.39, 0.29) is 25.0 Å². The average Bonchev–Trinajstić information content (AvgIpc) is 2.69. The maximum absolute atomic E-state index is 12.3. The molecule has 1 aromatic carbocycles. The normalized spacial score (nSPS) is 19.1. The fourth-order valence-corrected chi connectivity index (χ4v) is 3.26. The summed E-state index contributed by atoms with van der Waals surface area (Å²) in [6.45, 7) is 6.11. The Kier molecular flexibility index (Phi) is 8.49. The fraction of sp³-hybridized carbons (Fsp3) is 0.591. The average molecular weight is 405 g/mol. The summed E-state index contributed by atoms with van der Waals surface area (Å²) < 4.78 is 10.4. The Morgan fingerprint density at radius 3 is 2.28 bits per heavy atom. The second kappa shape index (κ2) is 10.8. The summed E-state index contributed by atoms with van der Waals surface area (Å²) in [5.74, 6) is -0.324. The molecule has 0 aliphatic heterocycles. The van der Waals surface area contributed by atoms with Crippen LogP contribution in [0.15, 0.2) is 30.3 Å². The summed E-state index contributed by atoms with van der Waals surface area (Å²) in [7, 11) is 0. The molecular weight excluding hydrogens is 372 g/mol. The number of amides is 2. The molecule has 7 nitrogen and oxygen atoms in total. The van der Waals surface area contributed by atoms with Gasteiger partial charge in [-0.05, 0) is 57.9 Å². The van der Waals surface area contributed by atoms with Crippen molar-refractivity contribution in [1.29, 1.82) is 0 Å². The number of ether oxygens (including phenoxy) is 2. The zero-order chi connectivity index (χ0) is 21.3. The fourth-order valence-electron chi connectivity index (χ4n) is 3.26. The van der Waals surface area contributed by atoms with Gasteiger partial charge in [-0.3, -0.25) is 9.59 Å². The van der Waals surface area contributed by atoms with Crippen LogP contribution in [0.25, 0.3) is 0 Å². The molecule has 2 N–H and O–H groups in total. The highest BCUT2D eigenvalue weighted by Crippen LogP contribution is 2.28. The minimum Gasteiger partial charge on any atom is -0.460 e. The first kappa shape index (κ1) is 22.7. The molecule has 0 spiro atoms. The van der Waals surface area contributed by atoms with Crippen molar-refractivity contribution in [3.63, 3.8) is 0 Å². The molecule has 0 bridgehead atoms. The Balaban J connectivity index is 1.60. The number of rotatable bonds is 7. The highest BCUT2D eigenvalue weighted by atomic mass is 16.6. The van der Waals surface area contributed by atoms with Crippen LogP contribution in [0.4, 0.5) is 4.79 Å². The number of alkyl carbamates (subject to hydrolysis) is 1. The van der Waals surface area contributed by atoms with Crippen molar-refractivity contribution in [2.45, 2.75) is 58.7 Å². The van der Waals surface area contributed by atoms with E-state index in [0.29, 0.717) is 12.5 Å². The zero-order valence-electron chi connectivity index (χ0n) is 17.5. The van der Waals surface area contributed by atoms with E-state index in [1.807, 2.05) is 51.1 Å². The van der Waals surface area contributed by atoms with Crippen LogP contribution in [0, 0.1) is 11.8 Å². The lowest BCUT2D eigenvalue weighted by Crippen LogP contribution is -2.39. The maximum Gasteiger partial charge on any atom is 0.407 e. The summed E-state index contributed by atoms with van der Waals surface area (Å²) in [6.07, 6.45) is 2.78. The van der Waals surface area contributed by atoms with E-state index in [4.69, 9.17) is 9.47 Å². The Morgan fingerprint density at radius 2 is 1.66 bits per heavy atom. The van der Waals surface area contributed by atoms with Crippen molar-refractivity contribution in [3.05, 3.63) is 35.9 Å². The van der Waals surface area contributed by atoms with Gasteiger partial charge in [0.1, 0.15) is 18.8 Å². The van der Waals surface area contributed by atoms with E-state index in [1.54, 1.807) is 0 Å². The number of hydrogen-bond acceptors (Lipinski definition) is 5. The van der Waals surface area contributed by atoms with Crippen molar-refractivity contribution >= 4 is 18.0 Å². The molecule has 29 heavy (non-hydrogen) atoms. The third-order valence-corrected chi connectivity index (χ3v) is 4.80. The first-order valence-electron chi connectivity index (χ1n) is 10.2. The first-order chi connectivity index (χ1) is 13.7. The van der Waals surface area contributed by atoms with Crippen LogP contribution in [0.2, 0.25) is 0 Å². The SMILES string of the molecule is CC(C)(C)OC(=O)NCC1CCC(C(=O)NCC(=O)OCc2ccccc2)CC1. The molecule has 160 valence electrons. The number of benzene rings is 1. The quantitative estimate of drug-likeness (QED) is 0.681. The number of nitrogens with one attached hydrogen (secondary N) is 2. The summed E-state index contributed by atoms with van der Waals surface area (Å²) in [5.41, 5.74) is 0.396. The molecular formula is C22H32N2O5. The Morgan fingerprint density at radius 1 is 1.00 bits per heavy atom. The topological polar surface area (TPSA) is 93.7 Å². The zero-order valence-corrected chi connectivity index (χ0v) is 17.5.